The van der Waals surface area contributed by atoms with E-state index in [1.807, 2.05) is 25.8 Å². The summed E-state index contributed by atoms with van der Waals surface area (Å²) in [4.78, 5) is 32.7. The number of benzene rings is 1. The van der Waals surface area contributed by atoms with Crippen LogP contribution in [0.4, 0.5) is 0 Å². The molecule has 1 heterocycles. The first-order chi connectivity index (χ1) is 14.9. The molecule has 5 atom stereocenters. The van der Waals surface area contributed by atoms with Crippen LogP contribution in [0.15, 0.2) is 24.3 Å². The molecule has 1 aliphatic heterocycles. The van der Waals surface area contributed by atoms with Crippen molar-refractivity contribution in [2.75, 3.05) is 18.6 Å². The van der Waals surface area contributed by atoms with Crippen LogP contribution in [0.1, 0.15) is 58.4 Å². The van der Waals surface area contributed by atoms with Crippen molar-refractivity contribution in [3.63, 3.8) is 0 Å². The van der Waals surface area contributed by atoms with Gasteiger partial charge in [-0.25, -0.2) is 0 Å². The molecule has 1 amide bonds. The number of ether oxygens (including phenoxy) is 1. The Morgan fingerprint density at radius 1 is 1.26 bits per heavy atom. The number of likely N-dealkylation sites (N-methyl/N-ethyl adjacent to an activating group) is 1. The number of carbonyl (C=O) groups is 2. The molecule has 174 valence electrons. The van der Waals surface area contributed by atoms with Gasteiger partial charge in [0.05, 0.1) is 0 Å². The number of hydrogen-bond donors (Lipinski definition) is 0. The van der Waals surface area contributed by atoms with E-state index in [1.54, 1.807) is 0 Å². The van der Waals surface area contributed by atoms with Crippen molar-refractivity contribution in [3.05, 3.63) is 33.4 Å². The number of likely N-dealkylation sites (tertiary alicyclic amines) is 1. The van der Waals surface area contributed by atoms with E-state index in [4.69, 9.17) is 4.74 Å². The first-order valence-corrected chi connectivity index (χ1v) is 14.9. The average Bonchev–Trinajstić information content (AvgIpc) is 3.33. The molecule has 0 unspecified atom stereocenters. The monoisotopic (exact) mass is 541 g/mol. The molecule has 6 heteroatoms. The minimum Gasteiger partial charge on any atom is -0.0510 e. The zero-order chi connectivity index (χ0) is 22.5. The Morgan fingerprint density at radius 3 is 2.61 bits per heavy atom. The summed E-state index contributed by atoms with van der Waals surface area (Å²) < 4.78 is 6.82. The third kappa shape index (κ3) is 5.62. The van der Waals surface area contributed by atoms with Crippen LogP contribution in [0, 0.1) is 9.49 Å². The molecule has 1 saturated heterocycles. The summed E-state index contributed by atoms with van der Waals surface area (Å²) in [5.41, 5.74) is 1.23. The van der Waals surface area contributed by atoms with Crippen molar-refractivity contribution in [1.29, 1.82) is 0 Å². The number of fused-ring (bicyclic) bond motifs is 1. The van der Waals surface area contributed by atoms with Crippen molar-refractivity contribution in [2.45, 2.75) is 83.5 Å². The van der Waals surface area contributed by atoms with Crippen molar-refractivity contribution < 1.29 is 35.5 Å². The Labute approximate surface area is 198 Å². The Bertz CT molecular complexity index is 754. The van der Waals surface area contributed by atoms with E-state index in [0.29, 0.717) is 31.0 Å². The molecule has 1 saturated carbocycles. The summed E-state index contributed by atoms with van der Waals surface area (Å²) in [5.74, 6) is 0.592. The van der Waals surface area contributed by atoms with E-state index in [-0.39, 0.29) is 39.1 Å². The fourth-order valence-corrected chi connectivity index (χ4v) is 6.46. The van der Waals surface area contributed by atoms with Gasteiger partial charge in [0.2, 0.25) is 0 Å². The second kappa shape index (κ2) is 11.1. The molecular weight excluding hydrogens is 503 g/mol. The number of hydrogen-bond acceptors (Lipinski definition) is 4. The minimum absolute atomic E-state index is 0.0936. The number of nitrogens with zero attached hydrogens (tertiary/aromatic N) is 2. The Hall–Kier alpha value is -1.15. The van der Waals surface area contributed by atoms with Crippen molar-refractivity contribution in [3.8, 4) is 0 Å². The van der Waals surface area contributed by atoms with Crippen LogP contribution in [0.5, 0.6) is 0 Å². The van der Waals surface area contributed by atoms with Gasteiger partial charge in [-0.05, 0) is 32.1 Å². The molecule has 0 spiro atoms. The molecule has 1 aliphatic carbocycles. The molecule has 0 radical (unpaired) electrons. The van der Waals surface area contributed by atoms with Gasteiger partial charge in [-0.3, -0.25) is 0 Å². The summed E-state index contributed by atoms with van der Waals surface area (Å²) in [7, 11) is 1.90. The molecule has 0 aromatic heterocycles. The summed E-state index contributed by atoms with van der Waals surface area (Å²) in [6, 6.07) is 8.65. The number of carbonyl (C=O) groups excluding carboxylic acids is 2. The summed E-state index contributed by atoms with van der Waals surface area (Å²) in [6.07, 6.45) is 6.14. The van der Waals surface area contributed by atoms with Crippen LogP contribution in [0.25, 0.3) is 0 Å². The van der Waals surface area contributed by atoms with E-state index in [1.165, 1.54) is 22.0 Å². The number of halogens is 1. The fraction of sp³-hybridized carbons (Fsp3) is 0.680. The molecule has 2 aliphatic rings. The number of rotatable bonds is 9. The van der Waals surface area contributed by atoms with E-state index < -0.39 is 6.04 Å². The normalized spacial score (nSPS) is 25.0. The second-order valence-electron chi connectivity index (χ2n) is 9.05. The predicted octanol–water partition coefficient (Wildman–Crippen LogP) is 0.549. The molecule has 5 nitrogen and oxygen atoms in total. The molecule has 1 aromatic carbocycles. The first-order valence-electron chi connectivity index (χ1n) is 11.7. The fourth-order valence-electron chi connectivity index (χ4n) is 5.38. The van der Waals surface area contributed by atoms with Crippen LogP contribution in [-0.4, -0.2) is 64.4 Å². The Morgan fingerprint density at radius 2 is 1.97 bits per heavy atom. The van der Waals surface area contributed by atoms with Crippen molar-refractivity contribution >= 4 is 11.9 Å². The van der Waals surface area contributed by atoms with Crippen LogP contribution in [0.3, 0.4) is 0 Å². The predicted molar refractivity (Wildman–Crippen MR) is 119 cm³/mol. The van der Waals surface area contributed by atoms with Gasteiger partial charge in [0.25, 0.3) is 0 Å². The molecule has 1 aromatic rings. The van der Waals surface area contributed by atoms with Crippen LogP contribution in [-0.2, 0) is 20.7 Å². The number of aryl methyl sites for hydroxylation is 1. The average molecular weight is 541 g/mol. The van der Waals surface area contributed by atoms with Gasteiger partial charge >= 0.3 is 160 Å². The van der Waals surface area contributed by atoms with E-state index >= 15 is 0 Å². The van der Waals surface area contributed by atoms with Gasteiger partial charge in [-0.1, -0.05) is 6.42 Å². The Kier molecular flexibility index (Phi) is 8.79. The molecule has 0 bridgehead atoms. The summed E-state index contributed by atoms with van der Waals surface area (Å²) in [5, 5.41) is 0. The standard InChI is InChI=1S/C25H38IN2O3/c1-6-31-25(30)23(15-12-19-10-13-21(26-4)14-11-19)27(5)18(3)24(29)28-17(2)16-20-8-7-9-22(20)28/h10-11,13-14,17-18,20,22-23H,6-9,12,15-16H2,1-5H3/q-1/t17-,18+,20+,22+,23+/m1/s1. The molecule has 31 heavy (non-hydrogen) atoms. The number of amides is 1. The topological polar surface area (TPSA) is 49.9 Å². The van der Waals surface area contributed by atoms with Gasteiger partial charge < -0.3 is 0 Å². The maximum absolute atomic E-state index is 13.5. The van der Waals surface area contributed by atoms with Gasteiger partial charge in [0.15, 0.2) is 0 Å². The molecule has 0 N–H and O–H groups in total. The number of alkyl halides is 1. The summed E-state index contributed by atoms with van der Waals surface area (Å²) in [6.45, 7) is 6.31. The first kappa shape index (κ1) is 24.5. The molecule has 2 fully saturated rings. The van der Waals surface area contributed by atoms with Crippen LogP contribution < -0.4 is 21.2 Å². The van der Waals surface area contributed by atoms with Gasteiger partial charge in [-0.2, -0.15) is 0 Å². The SMILES string of the molecule is CCOC(=O)[C@H](CCc1ccc([I-]C)cc1)N(C)[C@@H](C)C(=O)N1[C@H](C)C[C@@H]2CCC[C@@H]21. The number of esters is 1. The Balaban J connectivity index is 1.69. The van der Waals surface area contributed by atoms with Crippen LogP contribution in [0.2, 0.25) is 0 Å². The van der Waals surface area contributed by atoms with Crippen LogP contribution >= 0.6 is 0 Å². The molecular formula is C25H38IN2O3-. The van der Waals surface area contributed by atoms with Crippen molar-refractivity contribution in [2.24, 2.45) is 5.92 Å². The van der Waals surface area contributed by atoms with Gasteiger partial charge in [-0.15, -0.1) is 0 Å². The van der Waals surface area contributed by atoms with Gasteiger partial charge in [0.1, 0.15) is 0 Å². The third-order valence-electron chi connectivity index (χ3n) is 7.21. The zero-order valence-corrected chi connectivity index (χ0v) is 21.8. The maximum atomic E-state index is 13.5. The quantitative estimate of drug-likeness (QED) is 0.261. The minimum atomic E-state index is -0.422. The zero-order valence-electron chi connectivity index (χ0n) is 19.6. The van der Waals surface area contributed by atoms with E-state index in [2.05, 4.69) is 41.0 Å². The van der Waals surface area contributed by atoms with Crippen molar-refractivity contribution in [1.82, 2.24) is 9.80 Å². The van der Waals surface area contributed by atoms with Gasteiger partial charge in [0, 0.05) is 0 Å². The van der Waals surface area contributed by atoms with E-state index in [0.717, 1.165) is 19.3 Å². The van der Waals surface area contributed by atoms with E-state index in [9.17, 15) is 9.59 Å². The molecule has 3 rings (SSSR count). The summed E-state index contributed by atoms with van der Waals surface area (Å²) >= 11 is 0.0936. The second-order valence-corrected chi connectivity index (χ2v) is 11.4. The third-order valence-corrected chi connectivity index (χ3v) is 9.17. The smallest absolute Gasteiger partial charge is 0.0510 e.